The summed E-state index contributed by atoms with van der Waals surface area (Å²) in [7, 11) is 1.16. The monoisotopic (exact) mass is 256 g/mol. The van der Waals surface area contributed by atoms with Crippen molar-refractivity contribution in [3.63, 3.8) is 0 Å². The Balaban J connectivity index is 5.16. The summed E-state index contributed by atoms with van der Waals surface area (Å²) in [5.41, 5.74) is 4.10. The molecule has 102 valence electrons. The third kappa shape index (κ3) is 4.23. The van der Waals surface area contributed by atoms with Gasteiger partial charge in [-0.2, -0.15) is 0 Å². The Morgan fingerprint density at radius 2 is 1.35 bits per heavy atom. The van der Waals surface area contributed by atoms with Gasteiger partial charge in [0, 0.05) is 10.2 Å². The third-order valence-corrected chi connectivity index (χ3v) is 4.98. The van der Waals surface area contributed by atoms with E-state index in [2.05, 4.69) is 57.0 Å². The summed E-state index contributed by atoms with van der Waals surface area (Å²) in [4.78, 5) is 5.18. The second-order valence-electron chi connectivity index (χ2n) is 4.87. The highest BCUT2D eigenvalue weighted by atomic mass is 28.1. The van der Waals surface area contributed by atoms with Crippen molar-refractivity contribution in [1.29, 1.82) is 0 Å². The zero-order valence-corrected chi connectivity index (χ0v) is 15.0. The second-order valence-corrected chi connectivity index (χ2v) is 5.45. The number of hydrogen-bond acceptors (Lipinski definition) is 2. The molecule has 0 N–H and O–H groups in total. The molecule has 0 spiro atoms. The van der Waals surface area contributed by atoms with E-state index in [1.54, 1.807) is 0 Å². The molecule has 0 aromatic rings. The van der Waals surface area contributed by atoms with Crippen LogP contribution in [0.15, 0.2) is 11.3 Å². The lowest BCUT2D eigenvalue weighted by atomic mass is 9.98. The van der Waals surface area contributed by atoms with Crippen LogP contribution in [0.2, 0.25) is 0 Å². The largest absolute Gasteiger partial charge is 0.286 e. The molecule has 0 saturated carbocycles. The van der Waals surface area contributed by atoms with Crippen LogP contribution >= 0.6 is 0 Å². The van der Waals surface area contributed by atoms with Gasteiger partial charge in [-0.25, -0.2) is 0 Å². The van der Waals surface area contributed by atoms with Crippen LogP contribution in [0.4, 0.5) is 0 Å². The molecule has 0 rings (SSSR count). The maximum atomic E-state index is 2.59. The van der Waals surface area contributed by atoms with Gasteiger partial charge >= 0.3 is 0 Å². The van der Waals surface area contributed by atoms with Crippen molar-refractivity contribution in [3.8, 4) is 0 Å². The summed E-state index contributed by atoms with van der Waals surface area (Å²) in [5, 5.41) is 0. The van der Waals surface area contributed by atoms with Gasteiger partial charge in [-0.1, -0.05) is 33.3 Å². The van der Waals surface area contributed by atoms with Crippen LogP contribution in [0.5, 0.6) is 0 Å². The first-order valence-electron chi connectivity index (χ1n) is 7.11. The lowest BCUT2D eigenvalue weighted by Gasteiger charge is -2.48. The third-order valence-electron chi connectivity index (χ3n) is 4.00. The highest BCUT2D eigenvalue weighted by Crippen LogP contribution is 2.27. The molecule has 0 bridgehead atoms. The molecule has 0 aliphatic heterocycles. The highest BCUT2D eigenvalue weighted by molar-refractivity contribution is 6.17. The van der Waals surface area contributed by atoms with Gasteiger partial charge in [0.1, 0.15) is 0 Å². The van der Waals surface area contributed by atoms with Crippen molar-refractivity contribution in [3.05, 3.63) is 11.3 Å². The van der Waals surface area contributed by atoms with E-state index in [9.17, 15) is 0 Å². The van der Waals surface area contributed by atoms with Gasteiger partial charge in [0.25, 0.3) is 0 Å². The van der Waals surface area contributed by atoms with Gasteiger partial charge < -0.3 is 0 Å². The Kier molecular flexibility index (Phi) is 8.00. The minimum absolute atomic E-state index is 0.179. The molecule has 0 radical (unpaired) electrons. The lowest BCUT2D eigenvalue weighted by molar-refractivity contribution is -0.0353. The molecule has 0 saturated heterocycles. The van der Waals surface area contributed by atoms with Gasteiger partial charge in [0.05, 0.1) is 5.66 Å². The predicted molar refractivity (Wildman–Crippen MR) is 82.6 cm³/mol. The van der Waals surface area contributed by atoms with E-state index in [4.69, 9.17) is 0 Å². The Labute approximate surface area is 111 Å². The first-order chi connectivity index (χ1) is 7.99. The molecule has 0 aliphatic carbocycles. The van der Waals surface area contributed by atoms with Crippen LogP contribution < -0.4 is 0 Å². The molecule has 0 aromatic carbocycles. The van der Waals surface area contributed by atoms with Gasteiger partial charge in [-0.3, -0.25) is 9.80 Å². The van der Waals surface area contributed by atoms with E-state index in [1.807, 2.05) is 0 Å². The first-order valence-corrected chi connectivity index (χ1v) is 8.27. The van der Waals surface area contributed by atoms with Gasteiger partial charge in [-0.05, 0) is 46.4 Å². The Bertz CT molecular complexity index is 218. The summed E-state index contributed by atoms with van der Waals surface area (Å²) in [6, 6.07) is 0. The minimum atomic E-state index is 0.179. The van der Waals surface area contributed by atoms with Gasteiger partial charge in [0.15, 0.2) is 0 Å². The first kappa shape index (κ1) is 16.9. The van der Waals surface area contributed by atoms with Crippen molar-refractivity contribution in [2.75, 3.05) is 26.2 Å². The summed E-state index contributed by atoms with van der Waals surface area (Å²) in [5.74, 6) is 0. The van der Waals surface area contributed by atoms with Gasteiger partial charge in [0.2, 0.25) is 0 Å². The standard InChI is InChI=1S/C14H32N2Si/c1-7-15(8-2)14(6,11-13(5)12-17)16(9-3)10-4/h12H,7-11H2,1-6,17H3/b13-12+. The fourth-order valence-electron chi connectivity index (χ4n) is 2.86. The van der Waals surface area contributed by atoms with Crippen molar-refractivity contribution in [2.45, 2.75) is 53.6 Å². The van der Waals surface area contributed by atoms with E-state index in [0.717, 1.165) is 36.4 Å². The van der Waals surface area contributed by atoms with E-state index in [0.29, 0.717) is 0 Å². The normalized spacial score (nSPS) is 14.0. The average Bonchev–Trinajstić information content (AvgIpc) is 2.31. The van der Waals surface area contributed by atoms with E-state index in [1.165, 1.54) is 12.0 Å². The predicted octanol–water partition coefficient (Wildman–Crippen LogP) is 2.05. The Morgan fingerprint density at radius 3 is 1.59 bits per heavy atom. The molecule has 0 unspecified atom stereocenters. The molecular weight excluding hydrogens is 224 g/mol. The van der Waals surface area contributed by atoms with Crippen LogP contribution in [0.1, 0.15) is 48.0 Å². The SMILES string of the molecule is CCN(CC)C(C)(C/C(C)=C/[SiH3])N(CC)CC. The summed E-state index contributed by atoms with van der Waals surface area (Å²) in [6.45, 7) is 18.2. The van der Waals surface area contributed by atoms with Crippen LogP contribution in [0, 0.1) is 0 Å². The van der Waals surface area contributed by atoms with Crippen molar-refractivity contribution in [2.24, 2.45) is 0 Å². The summed E-state index contributed by atoms with van der Waals surface area (Å²) < 4.78 is 0. The number of nitrogens with zero attached hydrogens (tertiary/aromatic N) is 2. The second kappa shape index (κ2) is 8.06. The van der Waals surface area contributed by atoms with Crippen molar-refractivity contribution >= 4 is 10.2 Å². The van der Waals surface area contributed by atoms with Gasteiger partial charge in [-0.15, -0.1) is 5.70 Å². The van der Waals surface area contributed by atoms with Crippen LogP contribution in [0.25, 0.3) is 0 Å². The van der Waals surface area contributed by atoms with E-state index in [-0.39, 0.29) is 5.66 Å². The minimum Gasteiger partial charge on any atom is -0.286 e. The van der Waals surface area contributed by atoms with E-state index < -0.39 is 0 Å². The molecule has 3 heteroatoms. The molecule has 0 atom stereocenters. The summed E-state index contributed by atoms with van der Waals surface area (Å²) >= 11 is 0. The van der Waals surface area contributed by atoms with Crippen molar-refractivity contribution < 1.29 is 0 Å². The fraction of sp³-hybridized carbons (Fsp3) is 0.857. The molecule has 17 heavy (non-hydrogen) atoms. The van der Waals surface area contributed by atoms with E-state index >= 15 is 0 Å². The fourth-order valence-corrected chi connectivity index (χ4v) is 3.07. The van der Waals surface area contributed by atoms with Crippen LogP contribution in [0.3, 0.4) is 0 Å². The highest BCUT2D eigenvalue weighted by Gasteiger charge is 2.34. The zero-order valence-electron chi connectivity index (χ0n) is 13.0. The maximum Gasteiger partial charge on any atom is 0.0746 e. The van der Waals surface area contributed by atoms with Crippen molar-refractivity contribution in [1.82, 2.24) is 9.80 Å². The topological polar surface area (TPSA) is 6.48 Å². The quantitative estimate of drug-likeness (QED) is 0.484. The van der Waals surface area contributed by atoms with Crippen LogP contribution in [-0.4, -0.2) is 51.9 Å². The molecule has 0 fully saturated rings. The molecule has 0 amide bonds. The Morgan fingerprint density at radius 1 is 1.00 bits per heavy atom. The summed E-state index contributed by atoms with van der Waals surface area (Å²) in [6.07, 6.45) is 1.17. The van der Waals surface area contributed by atoms with Crippen LogP contribution in [-0.2, 0) is 0 Å². The smallest absolute Gasteiger partial charge is 0.0746 e. The molecule has 0 aliphatic rings. The molecule has 0 aromatic heterocycles. The maximum absolute atomic E-state index is 2.59. The number of hydrogen-bond donors (Lipinski definition) is 0. The molecule has 2 nitrogen and oxygen atoms in total. The number of rotatable bonds is 8. The molecular formula is C14H32N2Si. The average molecular weight is 257 g/mol. The zero-order chi connectivity index (χ0) is 13.5. The Hall–Kier alpha value is -0.123. The lowest BCUT2D eigenvalue weighted by Crippen LogP contribution is -2.58. The molecule has 0 heterocycles.